The molecule has 2 saturated carbocycles. The molecule has 3 heterocycles. The van der Waals surface area contributed by atoms with Crippen molar-refractivity contribution in [3.63, 3.8) is 0 Å². The first kappa shape index (κ1) is 48.1. The van der Waals surface area contributed by atoms with Crippen molar-refractivity contribution in [2.24, 2.45) is 34.2 Å². The normalized spacial score (nSPS) is 23.3. The minimum absolute atomic E-state index is 0.245. The topological polar surface area (TPSA) is 195 Å². The van der Waals surface area contributed by atoms with E-state index >= 15 is 0 Å². The Morgan fingerprint density at radius 1 is 0.964 bits per heavy atom. The van der Waals surface area contributed by atoms with E-state index in [0.717, 1.165) is 80.4 Å². The van der Waals surface area contributed by atoms with Crippen molar-refractivity contribution in [1.82, 2.24) is 25.5 Å². The molecule has 56 heavy (non-hydrogen) atoms. The maximum Gasteiger partial charge on any atom is 0.136 e. The summed E-state index contributed by atoms with van der Waals surface area (Å²) in [7, 11) is 5.78. The lowest BCUT2D eigenvalue weighted by molar-refractivity contribution is -0.109. The van der Waals surface area contributed by atoms with Crippen LogP contribution in [0.25, 0.3) is 28.1 Å². The van der Waals surface area contributed by atoms with Gasteiger partial charge in [0.15, 0.2) is 0 Å². The zero-order valence-corrected chi connectivity index (χ0v) is 34.8. The summed E-state index contributed by atoms with van der Waals surface area (Å²) in [6.45, 7) is 10.6. The number of hydrogen-bond donors (Lipinski definition) is 7. The number of nitrogens with one attached hydrogen (secondary N) is 3. The number of carbonyl (C=O) groups is 2. The molecule has 310 valence electrons. The van der Waals surface area contributed by atoms with Gasteiger partial charge in [0.1, 0.15) is 18.4 Å². The predicted octanol–water partition coefficient (Wildman–Crippen LogP) is 5.57. The van der Waals surface area contributed by atoms with E-state index in [1.54, 1.807) is 0 Å². The molecule has 7 rings (SSSR count). The van der Waals surface area contributed by atoms with Gasteiger partial charge in [0.25, 0.3) is 0 Å². The molecule has 1 aromatic heterocycles. The zero-order chi connectivity index (χ0) is 41.6. The third-order valence-corrected chi connectivity index (χ3v) is 11.0. The fraction of sp³-hybridized carbons (Fsp3) is 0.545. The van der Waals surface area contributed by atoms with Crippen LogP contribution in [0.4, 0.5) is 0 Å². The highest BCUT2D eigenvalue weighted by Crippen LogP contribution is 2.43. The molecule has 4 bridgehead atoms. The third kappa shape index (κ3) is 13.6. The van der Waals surface area contributed by atoms with Crippen LogP contribution in [-0.2, 0) is 9.59 Å². The number of aldehydes is 2. The Labute approximate surface area is 335 Å². The van der Waals surface area contributed by atoms with Crippen LogP contribution in [-0.4, -0.2) is 103 Å². The molecular weight excluding hydrogens is 705 g/mol. The van der Waals surface area contributed by atoms with Crippen LogP contribution in [0, 0.1) is 17.8 Å². The highest BCUT2D eigenvalue weighted by atomic mass is 16.2. The quantitative estimate of drug-likeness (QED) is 0.0903. The fourth-order valence-corrected chi connectivity index (χ4v) is 7.93. The van der Waals surface area contributed by atoms with Crippen molar-refractivity contribution in [3.05, 3.63) is 72.3 Å². The molecule has 12 nitrogen and oxygen atoms in total. The molecule has 2 aliphatic heterocycles. The molecule has 9 N–H and O–H groups in total. The Hall–Kier alpha value is -4.04. The van der Waals surface area contributed by atoms with Gasteiger partial charge in [0.05, 0.1) is 29.7 Å². The smallest absolute Gasteiger partial charge is 0.136 e. The first-order valence-electron chi connectivity index (χ1n) is 20.0. The number of benzene rings is 2. The number of likely N-dealkylation sites (tertiary alicyclic amines) is 1. The van der Waals surface area contributed by atoms with Crippen LogP contribution < -0.4 is 22.1 Å². The molecular formula is C44H70N8O4. The van der Waals surface area contributed by atoms with Crippen LogP contribution in [0.2, 0.25) is 0 Å². The summed E-state index contributed by atoms with van der Waals surface area (Å²) in [4.78, 5) is 34.2. The number of aliphatic hydroxyl groups excluding tert-OH is 2. The first-order valence-corrected chi connectivity index (χ1v) is 20.0. The number of carbonyl (C=O) groups excluding carboxylic acids is 2. The van der Waals surface area contributed by atoms with E-state index in [-0.39, 0.29) is 6.04 Å². The van der Waals surface area contributed by atoms with E-state index in [4.69, 9.17) is 20.9 Å². The summed E-state index contributed by atoms with van der Waals surface area (Å²) >= 11 is 0. The molecule has 2 saturated heterocycles. The molecule has 4 fully saturated rings. The van der Waals surface area contributed by atoms with E-state index in [9.17, 15) is 9.59 Å². The summed E-state index contributed by atoms with van der Waals surface area (Å²) in [5.41, 5.74) is 16.5. The number of nitrogens with zero attached hydrogens (tertiary/aromatic N) is 3. The monoisotopic (exact) mass is 775 g/mol. The summed E-state index contributed by atoms with van der Waals surface area (Å²) in [6, 6.07) is 19.7. The van der Waals surface area contributed by atoms with E-state index < -0.39 is 0 Å². The second-order valence-electron chi connectivity index (χ2n) is 14.8. The van der Waals surface area contributed by atoms with Gasteiger partial charge in [-0.15, -0.1) is 0 Å². The highest BCUT2D eigenvalue weighted by molar-refractivity contribution is 5.72. The van der Waals surface area contributed by atoms with Crippen LogP contribution >= 0.6 is 0 Å². The van der Waals surface area contributed by atoms with Crippen LogP contribution in [0.1, 0.15) is 89.6 Å². The molecule has 3 aromatic rings. The van der Waals surface area contributed by atoms with Crippen molar-refractivity contribution in [2.75, 3.05) is 34.9 Å². The number of aromatic amines is 1. The lowest BCUT2D eigenvalue weighted by atomic mass is 9.98. The third-order valence-electron chi connectivity index (χ3n) is 11.0. The van der Waals surface area contributed by atoms with Gasteiger partial charge in [-0.05, 0) is 106 Å². The predicted molar refractivity (Wildman–Crippen MR) is 231 cm³/mol. The van der Waals surface area contributed by atoms with E-state index in [1.165, 1.54) is 62.3 Å². The lowest BCUT2D eigenvalue weighted by Crippen LogP contribution is -2.43. The molecule has 7 unspecified atom stereocenters. The summed E-state index contributed by atoms with van der Waals surface area (Å²) in [5, 5.41) is 21.4. The number of piperidine rings is 2. The van der Waals surface area contributed by atoms with Gasteiger partial charge in [-0.3, -0.25) is 9.89 Å². The van der Waals surface area contributed by atoms with Crippen molar-refractivity contribution < 1.29 is 19.8 Å². The van der Waals surface area contributed by atoms with Crippen LogP contribution in [0.15, 0.2) is 65.9 Å². The number of rotatable bonds is 12. The second-order valence-corrected chi connectivity index (χ2v) is 14.8. The standard InChI is InChI=1S/C32H38N6.C5H10O.C4H9NO.CH5N.2CH4O/c1-33-17-28(34-19-30-24-12-14-27(16-24)38(30)2)22-7-3-20(4-8-22)21-5-9-23(10-6-21)29-18-35-32(37-29)31-25-11-13-26(15-25)36-31;1-5(2)3-4-6;1-2-4(5)3-6;3*1-2/h3-10,17-18,24-27,30-31,34,36H,1,11-16,19H2,2H3,(H,35,37);4-5H,3H2,1-2H3;3-4H,2,5H2,1H3;2H2,1H3;2*2H,1H3/b28-17-;;;;;. The van der Waals surface area contributed by atoms with Crippen molar-refractivity contribution in [3.8, 4) is 22.4 Å². The molecule has 0 spiro atoms. The average Bonchev–Trinajstić information content (AvgIpc) is 4.11. The van der Waals surface area contributed by atoms with Gasteiger partial charge in [0, 0.05) is 51.5 Å². The number of aliphatic hydroxyl groups is 2. The summed E-state index contributed by atoms with van der Waals surface area (Å²) in [6.07, 6.45) is 15.0. The van der Waals surface area contributed by atoms with E-state index in [2.05, 4.69) is 93.5 Å². The molecule has 2 aliphatic carbocycles. The first-order chi connectivity index (χ1) is 27.2. The number of H-pyrrole nitrogens is 1. The largest absolute Gasteiger partial charge is 0.400 e. The summed E-state index contributed by atoms with van der Waals surface area (Å²) < 4.78 is 0. The Morgan fingerprint density at radius 2 is 1.57 bits per heavy atom. The van der Waals surface area contributed by atoms with Crippen molar-refractivity contribution in [1.29, 1.82) is 0 Å². The Bertz CT molecular complexity index is 1570. The maximum absolute atomic E-state index is 9.62. The van der Waals surface area contributed by atoms with Gasteiger partial charge in [-0.1, -0.05) is 69.3 Å². The number of aromatic nitrogens is 2. The minimum Gasteiger partial charge on any atom is -0.400 e. The highest BCUT2D eigenvalue weighted by Gasteiger charge is 2.43. The summed E-state index contributed by atoms with van der Waals surface area (Å²) in [5.74, 6) is 3.17. The minimum atomic E-state index is -0.245. The van der Waals surface area contributed by atoms with E-state index in [0.29, 0.717) is 30.5 Å². The molecule has 4 aliphatic rings. The van der Waals surface area contributed by atoms with Crippen LogP contribution in [0.5, 0.6) is 0 Å². The van der Waals surface area contributed by atoms with Gasteiger partial charge in [0.2, 0.25) is 0 Å². The number of hydrogen-bond acceptors (Lipinski definition) is 11. The number of imidazole rings is 1. The Morgan fingerprint density at radius 3 is 2.02 bits per heavy atom. The molecule has 7 atom stereocenters. The number of fused-ring (bicyclic) bond motifs is 4. The van der Waals surface area contributed by atoms with Gasteiger partial charge >= 0.3 is 0 Å². The van der Waals surface area contributed by atoms with Gasteiger partial charge in [-0.2, -0.15) is 0 Å². The maximum atomic E-state index is 9.62. The van der Waals surface area contributed by atoms with E-state index in [1.807, 2.05) is 33.2 Å². The zero-order valence-electron chi connectivity index (χ0n) is 34.8. The SMILES string of the molecule is C=N/C=C(\NCC1C2CCC(C2)N1C)c1ccc(-c2ccc(-c3cnc(C4NC5CCC4C5)[nH]3)cc2)cc1.CC(C)CC=O.CCC(N)C=O.CN.CO.CO. The molecule has 0 radical (unpaired) electrons. The van der Waals surface area contributed by atoms with Crippen molar-refractivity contribution in [2.45, 2.75) is 102 Å². The van der Waals surface area contributed by atoms with Crippen LogP contribution in [0.3, 0.4) is 0 Å². The Kier molecular flexibility index (Phi) is 22.3. The van der Waals surface area contributed by atoms with Gasteiger partial charge in [-0.25, -0.2) is 4.98 Å². The van der Waals surface area contributed by atoms with Crippen molar-refractivity contribution >= 4 is 25.0 Å². The number of aliphatic imine (C=N–C) groups is 1. The van der Waals surface area contributed by atoms with Gasteiger partial charge < -0.3 is 46.9 Å². The second kappa shape index (κ2) is 26.0. The molecule has 0 amide bonds. The average molecular weight is 775 g/mol. The number of nitrogens with two attached hydrogens (primary N) is 2. The Balaban J connectivity index is 0.000000513. The molecule has 12 heteroatoms. The number of likely N-dealkylation sites (N-methyl/N-ethyl adjacent to an activating group) is 1. The molecule has 2 aromatic carbocycles. The fourth-order valence-electron chi connectivity index (χ4n) is 7.93. The lowest BCUT2D eigenvalue weighted by Gasteiger charge is -2.32.